The Morgan fingerprint density at radius 3 is 1.89 bits per heavy atom. The number of hydrogen-bond acceptors (Lipinski definition) is 3. The molecule has 210 valence electrons. The topological polar surface area (TPSA) is 38.9 Å². The number of hydrogen-bond donors (Lipinski definition) is 0. The Bertz CT molecular complexity index is 2530. The summed E-state index contributed by atoms with van der Waals surface area (Å²) in [7, 11) is 0. The summed E-state index contributed by atoms with van der Waals surface area (Å²) < 4.78 is 6.51. The number of rotatable bonds is 4. The highest BCUT2D eigenvalue weighted by Gasteiger charge is 2.18. The number of benzene rings is 7. The summed E-state index contributed by atoms with van der Waals surface area (Å²) in [5, 5.41) is 6.73. The van der Waals surface area contributed by atoms with Crippen LogP contribution in [0.3, 0.4) is 0 Å². The third kappa shape index (κ3) is 4.37. The fraction of sp³-hybridized carbons (Fsp3) is 0. The molecule has 0 radical (unpaired) electrons. The Balaban J connectivity index is 1.27. The number of fused-ring (bicyclic) bond motifs is 6. The van der Waals surface area contributed by atoms with Crippen LogP contribution in [0.5, 0.6) is 0 Å². The highest BCUT2D eigenvalue weighted by molar-refractivity contribution is 6.18. The molecule has 7 aromatic carbocycles. The van der Waals surface area contributed by atoms with Gasteiger partial charge < -0.3 is 4.42 Å². The molecule has 0 aliphatic rings. The van der Waals surface area contributed by atoms with Gasteiger partial charge in [0.15, 0.2) is 5.82 Å². The van der Waals surface area contributed by atoms with Gasteiger partial charge >= 0.3 is 0 Å². The molecular formula is C42H26N2O. The molecule has 0 fully saturated rings. The second-order valence-electron chi connectivity index (χ2n) is 11.4. The van der Waals surface area contributed by atoms with E-state index in [4.69, 9.17) is 14.4 Å². The van der Waals surface area contributed by atoms with Gasteiger partial charge in [0.05, 0.1) is 11.4 Å². The summed E-state index contributed by atoms with van der Waals surface area (Å²) in [4.78, 5) is 10.4. The zero-order valence-electron chi connectivity index (χ0n) is 24.3. The van der Waals surface area contributed by atoms with E-state index in [-0.39, 0.29) is 0 Å². The standard InChI is InChI=1S/C42H26N2O/c1-2-9-27(10-3-1)29-17-20-31(21-18-29)37-26-38(33-22-19-28-11-4-5-13-32(28)25-33)44-42(43-37)36-15-8-16-39-40(36)35-24-23-30-12-6-7-14-34(30)41(35)45-39/h1-26H. The van der Waals surface area contributed by atoms with E-state index in [0.29, 0.717) is 5.82 Å². The predicted octanol–water partition coefficient (Wildman–Crippen LogP) is 11.4. The van der Waals surface area contributed by atoms with E-state index >= 15 is 0 Å². The molecule has 0 aliphatic carbocycles. The lowest BCUT2D eigenvalue weighted by Crippen LogP contribution is -1.96. The van der Waals surface area contributed by atoms with Crippen molar-refractivity contribution >= 4 is 43.5 Å². The first kappa shape index (κ1) is 25.4. The zero-order valence-corrected chi connectivity index (χ0v) is 24.3. The van der Waals surface area contributed by atoms with Crippen molar-refractivity contribution in [2.75, 3.05) is 0 Å². The van der Waals surface area contributed by atoms with Crippen LogP contribution in [0.4, 0.5) is 0 Å². The van der Waals surface area contributed by atoms with Crippen molar-refractivity contribution in [3.63, 3.8) is 0 Å². The zero-order chi connectivity index (χ0) is 29.7. The smallest absolute Gasteiger partial charge is 0.161 e. The molecule has 3 heteroatoms. The second kappa shape index (κ2) is 10.3. The Labute approximate surface area is 260 Å². The molecule has 0 bridgehead atoms. The minimum absolute atomic E-state index is 0.671. The van der Waals surface area contributed by atoms with Crippen molar-refractivity contribution in [1.82, 2.24) is 9.97 Å². The van der Waals surface area contributed by atoms with Crippen LogP contribution in [0.25, 0.3) is 88.5 Å². The molecule has 9 rings (SSSR count). The summed E-state index contributed by atoms with van der Waals surface area (Å²) in [6, 6.07) is 55.0. The van der Waals surface area contributed by atoms with Gasteiger partial charge in [-0.05, 0) is 51.6 Å². The maximum atomic E-state index is 6.51. The van der Waals surface area contributed by atoms with Gasteiger partial charge in [-0.3, -0.25) is 0 Å². The molecule has 9 aromatic rings. The molecule has 0 saturated heterocycles. The van der Waals surface area contributed by atoms with Gasteiger partial charge in [-0.25, -0.2) is 9.97 Å². The normalized spacial score (nSPS) is 11.6. The van der Waals surface area contributed by atoms with E-state index in [1.165, 1.54) is 21.9 Å². The maximum Gasteiger partial charge on any atom is 0.161 e. The van der Waals surface area contributed by atoms with Crippen LogP contribution in [0.15, 0.2) is 162 Å². The monoisotopic (exact) mass is 574 g/mol. The third-order valence-corrected chi connectivity index (χ3v) is 8.69. The van der Waals surface area contributed by atoms with Crippen LogP contribution in [0.2, 0.25) is 0 Å². The van der Waals surface area contributed by atoms with Gasteiger partial charge in [0.1, 0.15) is 11.2 Å². The van der Waals surface area contributed by atoms with E-state index in [2.05, 4.69) is 140 Å². The number of furan rings is 1. The van der Waals surface area contributed by atoms with Gasteiger partial charge in [-0.2, -0.15) is 0 Å². The van der Waals surface area contributed by atoms with Crippen LogP contribution in [-0.4, -0.2) is 9.97 Å². The minimum Gasteiger partial charge on any atom is -0.455 e. The molecule has 0 spiro atoms. The molecule has 0 saturated carbocycles. The van der Waals surface area contributed by atoms with Crippen molar-refractivity contribution in [3.05, 3.63) is 158 Å². The SMILES string of the molecule is c1ccc(-c2ccc(-c3cc(-c4ccc5ccccc5c4)nc(-c4cccc5oc6c7ccccc7ccc6c45)n3)cc2)cc1. The molecule has 2 aromatic heterocycles. The number of aromatic nitrogens is 2. The first-order valence-corrected chi connectivity index (χ1v) is 15.2. The molecule has 0 N–H and O–H groups in total. The van der Waals surface area contributed by atoms with Gasteiger partial charge in [0, 0.05) is 32.8 Å². The predicted molar refractivity (Wildman–Crippen MR) is 186 cm³/mol. The van der Waals surface area contributed by atoms with Gasteiger partial charge in [-0.15, -0.1) is 0 Å². The fourth-order valence-electron chi connectivity index (χ4n) is 6.42. The van der Waals surface area contributed by atoms with Crippen LogP contribution < -0.4 is 0 Å². The van der Waals surface area contributed by atoms with E-state index < -0.39 is 0 Å². The summed E-state index contributed by atoms with van der Waals surface area (Å²) >= 11 is 0. The molecule has 3 nitrogen and oxygen atoms in total. The average molecular weight is 575 g/mol. The summed E-state index contributed by atoms with van der Waals surface area (Å²) in [5.41, 5.74) is 8.86. The lowest BCUT2D eigenvalue weighted by molar-refractivity contribution is 0.672. The lowest BCUT2D eigenvalue weighted by atomic mass is 10.00. The Kier molecular flexibility index (Phi) is 5.82. The fourth-order valence-corrected chi connectivity index (χ4v) is 6.42. The van der Waals surface area contributed by atoms with Crippen molar-refractivity contribution in [3.8, 4) is 45.0 Å². The largest absolute Gasteiger partial charge is 0.455 e. The average Bonchev–Trinajstić information content (AvgIpc) is 3.51. The van der Waals surface area contributed by atoms with Crippen molar-refractivity contribution < 1.29 is 4.42 Å². The molecule has 2 heterocycles. The van der Waals surface area contributed by atoms with Crippen molar-refractivity contribution in [2.45, 2.75) is 0 Å². The summed E-state index contributed by atoms with van der Waals surface area (Å²) in [5.74, 6) is 0.671. The maximum absolute atomic E-state index is 6.51. The summed E-state index contributed by atoms with van der Waals surface area (Å²) in [6.07, 6.45) is 0. The minimum atomic E-state index is 0.671. The first-order chi connectivity index (χ1) is 22.3. The Morgan fingerprint density at radius 2 is 1.04 bits per heavy atom. The van der Waals surface area contributed by atoms with Crippen molar-refractivity contribution in [1.29, 1.82) is 0 Å². The van der Waals surface area contributed by atoms with Gasteiger partial charge in [0.2, 0.25) is 0 Å². The van der Waals surface area contributed by atoms with Crippen molar-refractivity contribution in [2.24, 2.45) is 0 Å². The highest BCUT2D eigenvalue weighted by Crippen LogP contribution is 2.40. The van der Waals surface area contributed by atoms with E-state index in [9.17, 15) is 0 Å². The molecule has 0 atom stereocenters. The highest BCUT2D eigenvalue weighted by atomic mass is 16.3. The van der Waals surface area contributed by atoms with Crippen LogP contribution in [-0.2, 0) is 0 Å². The van der Waals surface area contributed by atoms with E-state index in [1.807, 2.05) is 18.2 Å². The van der Waals surface area contributed by atoms with Gasteiger partial charge in [-0.1, -0.05) is 133 Å². The number of nitrogens with zero attached hydrogens (tertiary/aromatic N) is 2. The van der Waals surface area contributed by atoms with Crippen LogP contribution >= 0.6 is 0 Å². The molecule has 0 aliphatic heterocycles. The quantitative estimate of drug-likeness (QED) is 0.210. The van der Waals surface area contributed by atoms with Crippen LogP contribution in [0.1, 0.15) is 0 Å². The molecule has 0 unspecified atom stereocenters. The summed E-state index contributed by atoms with van der Waals surface area (Å²) in [6.45, 7) is 0. The molecule has 45 heavy (non-hydrogen) atoms. The third-order valence-electron chi connectivity index (χ3n) is 8.69. The van der Waals surface area contributed by atoms with E-state index in [0.717, 1.165) is 60.8 Å². The molecule has 0 amide bonds. The first-order valence-electron chi connectivity index (χ1n) is 15.2. The Morgan fingerprint density at radius 1 is 0.400 bits per heavy atom. The van der Waals surface area contributed by atoms with Crippen LogP contribution in [0, 0.1) is 0 Å². The Hall–Kier alpha value is -6.06. The second-order valence-corrected chi connectivity index (χ2v) is 11.4. The van der Waals surface area contributed by atoms with E-state index in [1.54, 1.807) is 0 Å². The molecular weight excluding hydrogens is 548 g/mol. The van der Waals surface area contributed by atoms with Gasteiger partial charge in [0.25, 0.3) is 0 Å². The lowest BCUT2D eigenvalue weighted by Gasteiger charge is -2.11.